The topological polar surface area (TPSA) is 144 Å². The Balaban J connectivity index is 1.68. The maximum atomic E-state index is 12.3. The quantitative estimate of drug-likeness (QED) is 0.287. The molecule has 0 bridgehead atoms. The van der Waals surface area contributed by atoms with E-state index in [1.54, 1.807) is 12.1 Å². The van der Waals surface area contributed by atoms with E-state index in [2.05, 4.69) is 0 Å². The Labute approximate surface area is 267 Å². The SMILES string of the molecule is CC(=O)OC[C@H]1O[C@@](O)(c2ccc(Cl)c(Cc3ccc(OC4CCCCC4)cc3)c2)[C@H](OC(C)=O)[C@@H](OC(C)=O)[C@@H]1OC(C)=O. The van der Waals surface area contributed by atoms with Gasteiger partial charge in [-0.15, -0.1) is 0 Å². The lowest BCUT2D eigenvalue weighted by molar-refractivity contribution is -0.360. The van der Waals surface area contributed by atoms with E-state index in [0.29, 0.717) is 17.0 Å². The summed E-state index contributed by atoms with van der Waals surface area (Å²) in [5.41, 5.74) is 1.63. The van der Waals surface area contributed by atoms with Crippen LogP contribution in [0.15, 0.2) is 42.5 Å². The van der Waals surface area contributed by atoms with Crippen molar-refractivity contribution in [1.29, 1.82) is 0 Å². The third kappa shape index (κ3) is 8.96. The van der Waals surface area contributed by atoms with Crippen molar-refractivity contribution in [2.24, 2.45) is 0 Å². The van der Waals surface area contributed by atoms with Crippen molar-refractivity contribution in [3.05, 3.63) is 64.2 Å². The van der Waals surface area contributed by atoms with E-state index in [1.165, 1.54) is 32.3 Å². The molecule has 0 unspecified atom stereocenters. The zero-order valence-electron chi connectivity index (χ0n) is 25.8. The van der Waals surface area contributed by atoms with Gasteiger partial charge in [0.15, 0.2) is 12.2 Å². The fourth-order valence-corrected chi connectivity index (χ4v) is 5.91. The Hall–Kier alpha value is -3.67. The van der Waals surface area contributed by atoms with Gasteiger partial charge in [0.25, 0.3) is 0 Å². The van der Waals surface area contributed by atoms with Gasteiger partial charge in [0.1, 0.15) is 18.5 Å². The zero-order valence-corrected chi connectivity index (χ0v) is 26.5. The standard InChI is InChI=1S/C33H39ClO11/c1-19(35)40-18-29-30(41-20(2)36)31(42-21(3)37)32(43-22(4)38)33(39,45-29)25-12-15-28(34)24(17-25)16-23-10-13-27(14-11-23)44-26-8-6-5-7-9-26/h10-15,17,26,29-32,39H,5-9,16,18H2,1-4H3/t29-,30-,31+,32-,33+/m1/s1. The van der Waals surface area contributed by atoms with Crippen LogP contribution in [-0.4, -0.2) is 66.1 Å². The molecule has 0 aromatic heterocycles. The molecule has 244 valence electrons. The van der Waals surface area contributed by atoms with Crippen LogP contribution in [-0.2, 0) is 55.1 Å². The summed E-state index contributed by atoms with van der Waals surface area (Å²) in [6.45, 7) is 4.02. The van der Waals surface area contributed by atoms with Crippen molar-refractivity contribution in [2.45, 2.75) is 103 Å². The van der Waals surface area contributed by atoms with Gasteiger partial charge in [-0.2, -0.15) is 0 Å². The third-order valence-electron chi connectivity index (χ3n) is 7.69. The zero-order chi connectivity index (χ0) is 32.7. The van der Waals surface area contributed by atoms with Crippen molar-refractivity contribution in [1.82, 2.24) is 0 Å². The second-order valence-electron chi connectivity index (χ2n) is 11.3. The lowest BCUT2D eigenvalue weighted by Gasteiger charge is -2.48. The Morgan fingerprint density at radius 1 is 0.844 bits per heavy atom. The largest absolute Gasteiger partial charge is 0.490 e. The number of aliphatic hydroxyl groups is 1. The summed E-state index contributed by atoms with van der Waals surface area (Å²) in [6, 6.07) is 12.3. The lowest BCUT2D eigenvalue weighted by atomic mass is 9.86. The van der Waals surface area contributed by atoms with Crippen LogP contribution in [0, 0.1) is 0 Å². The monoisotopic (exact) mass is 646 g/mol. The van der Waals surface area contributed by atoms with Crippen molar-refractivity contribution >= 4 is 35.5 Å². The molecule has 1 N–H and O–H groups in total. The molecule has 2 aromatic carbocycles. The number of hydrogen-bond donors (Lipinski definition) is 1. The number of rotatable bonds is 10. The minimum Gasteiger partial charge on any atom is -0.490 e. The van der Waals surface area contributed by atoms with E-state index >= 15 is 0 Å². The van der Waals surface area contributed by atoms with Crippen molar-refractivity contribution in [2.75, 3.05) is 6.61 Å². The van der Waals surface area contributed by atoms with Gasteiger partial charge in [0, 0.05) is 38.3 Å². The normalized spacial score (nSPS) is 25.1. The molecule has 2 aromatic rings. The van der Waals surface area contributed by atoms with Crippen LogP contribution in [0.4, 0.5) is 0 Å². The summed E-state index contributed by atoms with van der Waals surface area (Å²) in [4.78, 5) is 48.2. The maximum Gasteiger partial charge on any atom is 0.303 e. The van der Waals surface area contributed by atoms with E-state index in [4.69, 9.17) is 40.0 Å². The van der Waals surface area contributed by atoms with Gasteiger partial charge < -0.3 is 33.5 Å². The lowest BCUT2D eigenvalue weighted by Crippen LogP contribution is -2.66. The van der Waals surface area contributed by atoms with Crippen molar-refractivity contribution in [3.63, 3.8) is 0 Å². The number of benzene rings is 2. The van der Waals surface area contributed by atoms with Crippen LogP contribution < -0.4 is 4.74 Å². The number of esters is 4. The highest BCUT2D eigenvalue weighted by atomic mass is 35.5. The number of ether oxygens (including phenoxy) is 6. The minimum atomic E-state index is -2.45. The molecule has 12 heteroatoms. The molecule has 4 rings (SSSR count). The van der Waals surface area contributed by atoms with Gasteiger partial charge >= 0.3 is 23.9 Å². The third-order valence-corrected chi connectivity index (χ3v) is 8.05. The van der Waals surface area contributed by atoms with Gasteiger partial charge in [0.2, 0.25) is 11.9 Å². The predicted molar refractivity (Wildman–Crippen MR) is 160 cm³/mol. The van der Waals surface area contributed by atoms with Gasteiger partial charge in [-0.1, -0.05) is 36.2 Å². The first-order valence-corrected chi connectivity index (χ1v) is 15.3. The number of halogens is 1. The first-order valence-electron chi connectivity index (χ1n) is 15.0. The summed E-state index contributed by atoms with van der Waals surface area (Å²) in [6.07, 6.45) is 0.299. The van der Waals surface area contributed by atoms with Crippen LogP contribution in [0.3, 0.4) is 0 Å². The molecule has 5 atom stereocenters. The fourth-order valence-electron chi connectivity index (χ4n) is 5.73. The van der Waals surface area contributed by atoms with Crippen LogP contribution in [0.2, 0.25) is 5.02 Å². The summed E-state index contributed by atoms with van der Waals surface area (Å²) >= 11 is 6.59. The molecule has 1 aliphatic carbocycles. The first-order chi connectivity index (χ1) is 21.4. The second-order valence-corrected chi connectivity index (χ2v) is 11.7. The second kappa shape index (κ2) is 15.1. The molecule has 0 spiro atoms. The van der Waals surface area contributed by atoms with E-state index in [9.17, 15) is 24.3 Å². The Morgan fingerprint density at radius 2 is 1.47 bits per heavy atom. The molecule has 1 heterocycles. The van der Waals surface area contributed by atoms with Crippen molar-refractivity contribution < 1.29 is 52.7 Å². The van der Waals surface area contributed by atoms with Gasteiger partial charge in [-0.05, 0) is 67.5 Å². The molecule has 1 aliphatic heterocycles. The molecule has 2 fully saturated rings. The molecule has 1 saturated carbocycles. The van der Waals surface area contributed by atoms with Crippen LogP contribution in [0.5, 0.6) is 5.75 Å². The first kappa shape index (κ1) is 34.2. The van der Waals surface area contributed by atoms with E-state index in [0.717, 1.165) is 44.9 Å². The highest BCUT2D eigenvalue weighted by molar-refractivity contribution is 6.31. The molecule has 11 nitrogen and oxygen atoms in total. The van der Waals surface area contributed by atoms with Gasteiger partial charge in [0.05, 0.1) is 6.10 Å². The average molecular weight is 647 g/mol. The number of hydrogen-bond acceptors (Lipinski definition) is 11. The van der Waals surface area contributed by atoms with E-state index in [1.807, 2.05) is 24.3 Å². The number of carbonyl (C=O) groups is 4. The van der Waals surface area contributed by atoms with Crippen LogP contribution in [0.25, 0.3) is 0 Å². The van der Waals surface area contributed by atoms with E-state index in [-0.39, 0.29) is 11.7 Å². The minimum absolute atomic E-state index is 0.108. The van der Waals surface area contributed by atoms with Crippen molar-refractivity contribution in [3.8, 4) is 5.75 Å². The molecular weight excluding hydrogens is 608 g/mol. The molecule has 1 saturated heterocycles. The molecular formula is C33H39ClO11. The van der Waals surface area contributed by atoms with Gasteiger partial charge in [-0.3, -0.25) is 19.2 Å². The Kier molecular flexibility index (Phi) is 11.5. The molecule has 0 amide bonds. The molecule has 0 radical (unpaired) electrons. The smallest absolute Gasteiger partial charge is 0.303 e. The predicted octanol–water partition coefficient (Wildman–Crippen LogP) is 4.54. The summed E-state index contributed by atoms with van der Waals surface area (Å²) in [5, 5.41) is 12.6. The highest BCUT2D eigenvalue weighted by Gasteiger charge is 2.60. The maximum absolute atomic E-state index is 12.3. The van der Waals surface area contributed by atoms with Crippen LogP contribution >= 0.6 is 11.6 Å². The van der Waals surface area contributed by atoms with E-state index < -0.39 is 60.7 Å². The molecule has 2 aliphatic rings. The molecule has 45 heavy (non-hydrogen) atoms. The summed E-state index contributed by atoms with van der Waals surface area (Å²) < 4.78 is 33.7. The summed E-state index contributed by atoms with van der Waals surface area (Å²) in [7, 11) is 0. The van der Waals surface area contributed by atoms with Crippen LogP contribution in [0.1, 0.15) is 76.5 Å². The average Bonchev–Trinajstić information content (AvgIpc) is 2.97. The van der Waals surface area contributed by atoms with Gasteiger partial charge in [-0.25, -0.2) is 0 Å². The highest BCUT2D eigenvalue weighted by Crippen LogP contribution is 2.42. The number of carbonyl (C=O) groups excluding carboxylic acids is 4. The Morgan fingerprint density at radius 3 is 2.07 bits per heavy atom. The Bertz CT molecular complexity index is 1370. The fraction of sp³-hybridized carbons (Fsp3) is 0.515. The summed E-state index contributed by atoms with van der Waals surface area (Å²) in [5.74, 6) is -4.74.